The Bertz CT molecular complexity index is 591. The number of carbonyl (C=O) groups excluding carboxylic acids is 1. The maximum Gasteiger partial charge on any atom is 0.230 e. The largest absolute Gasteiger partial charge is 0.352 e. The highest BCUT2D eigenvalue weighted by Crippen LogP contribution is 2.53. The van der Waals surface area contributed by atoms with Gasteiger partial charge in [0.25, 0.3) is 0 Å². The molecule has 0 saturated heterocycles. The van der Waals surface area contributed by atoms with Crippen molar-refractivity contribution < 1.29 is 4.79 Å². The number of nitrogens with one attached hydrogen (secondary N) is 1. The molecule has 4 saturated carbocycles. The van der Waals surface area contributed by atoms with E-state index >= 15 is 0 Å². The van der Waals surface area contributed by atoms with Crippen LogP contribution in [-0.4, -0.2) is 22.7 Å². The van der Waals surface area contributed by atoms with Crippen molar-refractivity contribution in [2.45, 2.75) is 68.7 Å². The second-order valence-electron chi connectivity index (χ2n) is 9.06. The van der Waals surface area contributed by atoms with E-state index in [-0.39, 0.29) is 11.3 Å². The standard InChI is InChI=1S/C19H28N2OS2/c1-19(2,3)15-9-23-18(20-15)24-10-16(22)21-17-13-5-11-4-12(7-13)8-14(17)6-11/h9,11-14,17H,4-8,10H2,1-3H3,(H,21,22). The van der Waals surface area contributed by atoms with Crippen LogP contribution >= 0.6 is 23.1 Å². The van der Waals surface area contributed by atoms with Crippen LogP contribution in [0.4, 0.5) is 0 Å². The Morgan fingerprint density at radius 1 is 1.21 bits per heavy atom. The fourth-order valence-electron chi connectivity index (χ4n) is 5.18. The quantitative estimate of drug-likeness (QED) is 0.801. The molecule has 5 rings (SSSR count). The van der Waals surface area contributed by atoms with Crippen molar-refractivity contribution in [1.82, 2.24) is 10.3 Å². The lowest BCUT2D eigenvalue weighted by Gasteiger charge is -2.54. The molecule has 0 atom stereocenters. The Kier molecular flexibility index (Phi) is 4.44. The van der Waals surface area contributed by atoms with Crippen LogP contribution in [0.1, 0.15) is 58.6 Å². The summed E-state index contributed by atoms with van der Waals surface area (Å²) in [7, 11) is 0. The zero-order valence-corrected chi connectivity index (χ0v) is 16.5. The van der Waals surface area contributed by atoms with E-state index in [4.69, 9.17) is 0 Å². The summed E-state index contributed by atoms with van der Waals surface area (Å²) in [6, 6.07) is 0.451. The molecule has 0 aromatic carbocycles. The second-order valence-corrected chi connectivity index (χ2v) is 11.1. The van der Waals surface area contributed by atoms with E-state index in [1.165, 1.54) is 32.1 Å². The number of thioether (sulfide) groups is 1. The Morgan fingerprint density at radius 3 is 2.38 bits per heavy atom. The molecule has 24 heavy (non-hydrogen) atoms. The molecule has 1 aromatic heterocycles. The van der Waals surface area contributed by atoms with Crippen LogP contribution in [0.2, 0.25) is 0 Å². The van der Waals surface area contributed by atoms with Crippen LogP contribution in [0.15, 0.2) is 9.72 Å². The molecular weight excluding hydrogens is 336 g/mol. The first-order valence-electron chi connectivity index (χ1n) is 9.26. The first kappa shape index (κ1) is 16.9. The summed E-state index contributed by atoms with van der Waals surface area (Å²) in [5.41, 5.74) is 1.20. The molecule has 0 aliphatic heterocycles. The molecular formula is C19H28N2OS2. The summed E-state index contributed by atoms with van der Waals surface area (Å²) >= 11 is 3.25. The number of hydrogen-bond acceptors (Lipinski definition) is 4. The van der Waals surface area contributed by atoms with Gasteiger partial charge in [0.2, 0.25) is 5.91 Å². The van der Waals surface area contributed by atoms with Gasteiger partial charge >= 0.3 is 0 Å². The Balaban J connectivity index is 1.30. The molecule has 0 radical (unpaired) electrons. The van der Waals surface area contributed by atoms with Crippen LogP contribution in [0.25, 0.3) is 0 Å². The van der Waals surface area contributed by atoms with Gasteiger partial charge in [-0.05, 0) is 55.8 Å². The Labute approximate surface area is 153 Å². The molecule has 3 nitrogen and oxygen atoms in total. The number of thiazole rings is 1. The van der Waals surface area contributed by atoms with Gasteiger partial charge in [0, 0.05) is 16.8 Å². The number of aromatic nitrogens is 1. The number of amides is 1. The van der Waals surface area contributed by atoms with Crippen LogP contribution in [-0.2, 0) is 10.2 Å². The zero-order chi connectivity index (χ0) is 16.9. The number of carbonyl (C=O) groups is 1. The van der Waals surface area contributed by atoms with Crippen LogP contribution in [0, 0.1) is 23.7 Å². The van der Waals surface area contributed by atoms with E-state index in [0.29, 0.717) is 11.8 Å². The summed E-state index contributed by atoms with van der Waals surface area (Å²) < 4.78 is 1.01. The third kappa shape index (κ3) is 3.39. The summed E-state index contributed by atoms with van der Waals surface area (Å²) in [5.74, 6) is 4.12. The smallest absolute Gasteiger partial charge is 0.230 e. The third-order valence-corrected chi connectivity index (χ3v) is 8.15. The van der Waals surface area contributed by atoms with Crippen molar-refractivity contribution in [3.63, 3.8) is 0 Å². The van der Waals surface area contributed by atoms with Crippen molar-refractivity contribution in [2.24, 2.45) is 23.7 Å². The Morgan fingerprint density at radius 2 is 1.83 bits per heavy atom. The predicted molar refractivity (Wildman–Crippen MR) is 101 cm³/mol. The van der Waals surface area contributed by atoms with Gasteiger partial charge in [0.15, 0.2) is 4.34 Å². The highest BCUT2D eigenvalue weighted by Gasteiger charge is 2.48. The summed E-state index contributed by atoms with van der Waals surface area (Å²) in [6.45, 7) is 6.53. The molecule has 1 aromatic rings. The highest BCUT2D eigenvalue weighted by atomic mass is 32.2. The minimum Gasteiger partial charge on any atom is -0.352 e. The van der Waals surface area contributed by atoms with Crippen molar-refractivity contribution in [3.8, 4) is 0 Å². The molecule has 4 bridgehead atoms. The number of nitrogens with zero attached hydrogens (tertiary/aromatic N) is 1. The zero-order valence-electron chi connectivity index (χ0n) is 14.9. The molecule has 0 spiro atoms. The number of rotatable bonds is 4. The van der Waals surface area contributed by atoms with Gasteiger partial charge in [-0.15, -0.1) is 11.3 Å². The lowest BCUT2D eigenvalue weighted by molar-refractivity contribution is -0.122. The monoisotopic (exact) mass is 364 g/mol. The van der Waals surface area contributed by atoms with E-state index < -0.39 is 0 Å². The van der Waals surface area contributed by atoms with E-state index in [1.807, 2.05) is 0 Å². The normalized spacial score (nSPS) is 34.5. The number of hydrogen-bond donors (Lipinski definition) is 1. The van der Waals surface area contributed by atoms with Gasteiger partial charge in [-0.2, -0.15) is 0 Å². The van der Waals surface area contributed by atoms with Crippen molar-refractivity contribution in [1.29, 1.82) is 0 Å². The lowest BCUT2D eigenvalue weighted by Crippen LogP contribution is -2.56. The SMILES string of the molecule is CC(C)(C)c1csc(SCC(=O)NC2C3CC4CC(C3)CC2C4)n1. The van der Waals surface area contributed by atoms with Gasteiger partial charge in [-0.25, -0.2) is 4.98 Å². The predicted octanol–water partition coefficient (Wildman–Crippen LogP) is 4.47. The fraction of sp³-hybridized carbons (Fsp3) is 0.789. The van der Waals surface area contributed by atoms with E-state index in [1.54, 1.807) is 23.1 Å². The average molecular weight is 365 g/mol. The van der Waals surface area contributed by atoms with Crippen LogP contribution < -0.4 is 5.32 Å². The summed E-state index contributed by atoms with van der Waals surface area (Å²) in [5, 5.41) is 5.51. The lowest BCUT2D eigenvalue weighted by atomic mass is 9.54. The van der Waals surface area contributed by atoms with Crippen LogP contribution in [0.3, 0.4) is 0 Å². The molecule has 1 amide bonds. The van der Waals surface area contributed by atoms with Gasteiger partial charge in [-0.3, -0.25) is 4.79 Å². The molecule has 132 valence electrons. The van der Waals surface area contributed by atoms with Gasteiger partial charge in [0.05, 0.1) is 11.4 Å². The third-order valence-electron chi connectivity index (χ3n) is 6.13. The van der Waals surface area contributed by atoms with E-state index in [2.05, 4.69) is 36.5 Å². The molecule has 1 heterocycles. The minimum absolute atomic E-state index is 0.0813. The maximum absolute atomic E-state index is 12.5. The molecule has 0 unspecified atom stereocenters. The highest BCUT2D eigenvalue weighted by molar-refractivity contribution is 8.01. The summed E-state index contributed by atoms with van der Waals surface area (Å²) in [6.07, 6.45) is 6.88. The van der Waals surface area contributed by atoms with Crippen molar-refractivity contribution in [3.05, 3.63) is 11.1 Å². The van der Waals surface area contributed by atoms with E-state index in [0.717, 1.165) is 33.7 Å². The minimum atomic E-state index is 0.0813. The van der Waals surface area contributed by atoms with Gasteiger partial charge in [0.1, 0.15) is 0 Å². The first-order valence-corrected chi connectivity index (χ1v) is 11.1. The second kappa shape index (κ2) is 6.31. The average Bonchev–Trinajstić information content (AvgIpc) is 2.97. The molecule has 1 N–H and O–H groups in total. The van der Waals surface area contributed by atoms with Gasteiger partial charge in [-0.1, -0.05) is 32.5 Å². The van der Waals surface area contributed by atoms with Crippen LogP contribution in [0.5, 0.6) is 0 Å². The molecule has 4 fully saturated rings. The molecule has 4 aliphatic rings. The molecule has 5 heteroatoms. The van der Waals surface area contributed by atoms with Crippen molar-refractivity contribution >= 4 is 29.0 Å². The first-order chi connectivity index (χ1) is 11.4. The van der Waals surface area contributed by atoms with Gasteiger partial charge < -0.3 is 5.32 Å². The maximum atomic E-state index is 12.5. The fourth-order valence-corrected chi connectivity index (χ4v) is 7.05. The van der Waals surface area contributed by atoms with Crippen molar-refractivity contribution in [2.75, 3.05) is 5.75 Å². The summed E-state index contributed by atoms with van der Waals surface area (Å²) in [4.78, 5) is 17.1. The topological polar surface area (TPSA) is 42.0 Å². The molecule has 4 aliphatic carbocycles. The Hall–Kier alpha value is -0.550. The van der Waals surface area contributed by atoms with E-state index in [9.17, 15) is 4.79 Å².